The molecule has 3 amide bonds. The van der Waals surface area contributed by atoms with Crippen LogP contribution in [-0.4, -0.2) is 197 Å². The van der Waals surface area contributed by atoms with E-state index in [1.165, 1.54) is 46.0 Å². The number of hydrazine groups is 3. The van der Waals surface area contributed by atoms with E-state index in [1.807, 2.05) is 41.4 Å². The number of anilines is 3. The highest BCUT2D eigenvalue weighted by Crippen LogP contribution is 2.41. The number of nitrogens with one attached hydrogen (secondary N) is 3. The van der Waals surface area contributed by atoms with Gasteiger partial charge < -0.3 is 29.6 Å². The molecule has 3 atom stereocenters. The number of carboxylic acids is 2. The molecular formula is C70H82F9N21O9. The molecule has 39 heteroatoms. The van der Waals surface area contributed by atoms with E-state index in [0.717, 1.165) is 78.2 Å². The molecule has 2 bridgehead atoms. The van der Waals surface area contributed by atoms with Crippen LogP contribution in [-0.2, 0) is 33.6 Å². The summed E-state index contributed by atoms with van der Waals surface area (Å²) in [5.41, 5.74) is 12.5. The number of rotatable bonds is 17. The Kier molecular flexibility index (Phi) is 26.4. The van der Waals surface area contributed by atoms with E-state index in [4.69, 9.17) is 14.5 Å². The number of aromatic carboxylic acids is 2. The molecule has 1 unspecified atom stereocenters. The number of likely N-dealkylation sites (N-methyl/N-ethyl adjacent to an activating group) is 3. The zero-order chi connectivity index (χ0) is 77.9. The number of nitrogens with zero attached hydrogens (tertiary/aromatic N) is 18. The van der Waals surface area contributed by atoms with Crippen LogP contribution in [0.25, 0.3) is 16.9 Å². The second kappa shape index (κ2) is 35.2. The summed E-state index contributed by atoms with van der Waals surface area (Å²) in [6.45, 7) is 15.3. The van der Waals surface area contributed by atoms with Gasteiger partial charge in [0.05, 0.1) is 55.3 Å². The number of aldehydes is 1. The first-order valence-electron chi connectivity index (χ1n) is 34.5. The number of carbonyl (C=O) groups excluding carboxylic acids is 4. The average molecular weight is 1530 g/mol. The van der Waals surface area contributed by atoms with E-state index in [0.29, 0.717) is 92.6 Å². The van der Waals surface area contributed by atoms with Crippen LogP contribution in [0.1, 0.15) is 170 Å². The van der Waals surface area contributed by atoms with Gasteiger partial charge >= 0.3 is 36.3 Å². The molecule has 13 rings (SSSR count). The number of carbonyl (C=O) groups is 6. The highest BCUT2D eigenvalue weighted by Gasteiger charge is 2.40. The number of hydrogen-bond donors (Lipinski definition) is 5. The minimum atomic E-state index is -5.01. The van der Waals surface area contributed by atoms with Crippen molar-refractivity contribution in [2.24, 2.45) is 0 Å². The van der Waals surface area contributed by atoms with Crippen LogP contribution in [0.4, 0.5) is 61.8 Å². The third-order valence-corrected chi connectivity index (χ3v) is 18.0. The predicted molar refractivity (Wildman–Crippen MR) is 376 cm³/mol. The van der Waals surface area contributed by atoms with Crippen molar-refractivity contribution in [2.45, 2.75) is 143 Å². The van der Waals surface area contributed by atoms with E-state index in [-0.39, 0.29) is 79.2 Å². The maximum atomic E-state index is 14.4. The summed E-state index contributed by atoms with van der Waals surface area (Å²) in [4.78, 5) is 101. The van der Waals surface area contributed by atoms with Gasteiger partial charge in [0.15, 0.2) is 16.9 Å². The number of fused-ring (bicyclic) bond motifs is 7. The van der Waals surface area contributed by atoms with E-state index in [9.17, 15) is 73.7 Å². The van der Waals surface area contributed by atoms with Crippen LogP contribution >= 0.6 is 0 Å². The Labute approximate surface area is 618 Å². The lowest BCUT2D eigenvalue weighted by Crippen LogP contribution is -2.48. The lowest BCUT2D eigenvalue weighted by Gasteiger charge is -2.28. The molecule has 0 aromatic carbocycles. The molecular weight excluding hydrogens is 1450 g/mol. The second-order valence-electron chi connectivity index (χ2n) is 26.2. The van der Waals surface area contributed by atoms with Crippen LogP contribution in [0.15, 0.2) is 92.2 Å². The van der Waals surface area contributed by atoms with Gasteiger partial charge in [-0.1, -0.05) is 28.2 Å². The summed E-state index contributed by atoms with van der Waals surface area (Å²) in [5.74, 6) is -4.07. The topological polar surface area (TPSA) is 337 Å². The molecule has 584 valence electrons. The fourth-order valence-corrected chi connectivity index (χ4v) is 13.0. The van der Waals surface area contributed by atoms with Crippen molar-refractivity contribution in [3.63, 3.8) is 0 Å². The van der Waals surface area contributed by atoms with Gasteiger partial charge in [-0.15, -0.1) is 0 Å². The molecule has 4 aliphatic rings. The van der Waals surface area contributed by atoms with E-state index in [2.05, 4.69) is 60.9 Å². The Morgan fingerprint density at radius 2 is 1.02 bits per heavy atom. The molecule has 3 fully saturated rings. The fourth-order valence-electron chi connectivity index (χ4n) is 13.0. The molecule has 0 saturated carbocycles. The van der Waals surface area contributed by atoms with Gasteiger partial charge in [-0.05, 0) is 112 Å². The number of halogens is 9. The van der Waals surface area contributed by atoms with Crippen LogP contribution in [0, 0.1) is 17.5 Å². The number of aromatic nitrogens is 12. The third kappa shape index (κ3) is 20.3. The molecule has 3 saturated heterocycles. The van der Waals surface area contributed by atoms with Crippen molar-refractivity contribution in [3.05, 3.63) is 160 Å². The molecule has 4 aliphatic heterocycles. The van der Waals surface area contributed by atoms with Crippen molar-refractivity contribution < 1.29 is 83.2 Å². The van der Waals surface area contributed by atoms with Crippen molar-refractivity contribution in [1.29, 1.82) is 0 Å². The molecule has 109 heavy (non-hydrogen) atoms. The first kappa shape index (κ1) is 81.8. The monoisotopic (exact) mass is 1530 g/mol. The molecule has 13 heterocycles. The normalized spacial score (nSPS) is 16.7. The van der Waals surface area contributed by atoms with Gasteiger partial charge in [0.2, 0.25) is 6.29 Å². The van der Waals surface area contributed by atoms with E-state index in [1.54, 1.807) is 74.0 Å². The second-order valence-corrected chi connectivity index (χ2v) is 26.2. The number of carboxylic acid groups (broad SMARTS) is 2. The Morgan fingerprint density at radius 3 is 1.44 bits per heavy atom. The van der Waals surface area contributed by atoms with E-state index < -0.39 is 59.8 Å². The zero-order valence-corrected chi connectivity index (χ0v) is 59.4. The molecule has 0 aliphatic carbocycles. The summed E-state index contributed by atoms with van der Waals surface area (Å²) in [5, 5.41) is 35.9. The number of amides is 3. The van der Waals surface area contributed by atoms with Crippen molar-refractivity contribution in [2.75, 3.05) is 73.6 Å². The predicted octanol–water partition coefficient (Wildman–Crippen LogP) is 9.88. The smallest absolute Gasteiger partial charge is 0.472 e. The highest BCUT2D eigenvalue weighted by molar-refractivity contribution is 5.99. The van der Waals surface area contributed by atoms with Crippen molar-refractivity contribution >= 4 is 70.5 Å². The van der Waals surface area contributed by atoms with Gasteiger partial charge in [0.25, 0.3) is 5.91 Å². The van der Waals surface area contributed by atoms with Crippen molar-refractivity contribution in [3.8, 4) is 0 Å². The SMILES string of the molecule is C.CCN(CCc1ncc(F)cc1C1CCCN1c1ccn2ncc(C(=O)O)c2n1)NC(=O)OC(C)(C)C.CCN(CCc1ncc(F)cc1[C@H]1CCCN1c1ccn2ncc(C(=O)O)c2n1)NC(=O)C(F)(F)F.CCN1CCc2ncc(F)cc2[C@H]2CCCN2c2ccn3ncc(c3n2)C(=O)N1.O=CC(F)(F)F. The average Bonchev–Trinajstić information content (AvgIpc) is 1.67. The molecule has 5 N–H and O–H groups in total. The molecule has 30 nitrogen and oxygen atoms in total. The summed E-state index contributed by atoms with van der Waals surface area (Å²) < 4.78 is 122. The van der Waals surface area contributed by atoms with Crippen LogP contribution in [0.2, 0.25) is 0 Å². The quantitative estimate of drug-likeness (QED) is 0.0321. The number of pyridine rings is 3. The van der Waals surface area contributed by atoms with Gasteiger partial charge in [-0.3, -0.25) is 45.6 Å². The fraction of sp³-hybridized carbons (Fsp3) is 0.443. The van der Waals surface area contributed by atoms with Gasteiger partial charge in [0, 0.05) is 114 Å². The van der Waals surface area contributed by atoms with Crippen LogP contribution < -0.4 is 31.0 Å². The summed E-state index contributed by atoms with van der Waals surface area (Å²) in [6, 6.07) is 9.29. The third-order valence-electron chi connectivity index (χ3n) is 18.0. The van der Waals surface area contributed by atoms with E-state index >= 15 is 0 Å². The Balaban J connectivity index is 0.000000181. The largest absolute Gasteiger partial charge is 0.477 e. The number of alkyl halides is 6. The lowest BCUT2D eigenvalue weighted by atomic mass is 10.0. The first-order valence-corrected chi connectivity index (χ1v) is 34.5. The Morgan fingerprint density at radius 1 is 0.606 bits per heavy atom. The maximum Gasteiger partial charge on any atom is 0.472 e. The summed E-state index contributed by atoms with van der Waals surface area (Å²) in [6.07, 6.45) is 7.52. The molecule has 0 spiro atoms. The molecule has 9 aromatic heterocycles. The zero-order valence-electron chi connectivity index (χ0n) is 59.4. The highest BCUT2D eigenvalue weighted by atomic mass is 19.4. The molecule has 0 radical (unpaired) electrons. The lowest BCUT2D eigenvalue weighted by molar-refractivity contribution is -0.178. The standard InChI is InChI=1S/C25H32FN7O4.C22H23F4N7O3.C20H22FN7O.C2HF3O.CH4/c1-5-31(30-24(36)37-25(2,3)4)11-8-19-17(13-16(26)14-27-19)20-7-6-10-32(20)21-9-12-33-22(29-21)18(15-28-33)23(34)35;1-2-31(30-21(36)22(24,25)26)8-5-16-14(10-13(23)11-27-16)17-4-3-7-32(17)18-6-9-33-19(29-18)15(12-28-33)20(34)35;1-2-26-8-5-16-14(10-13(21)11-22-16)17-4-3-7-27(17)18-6-9-28-19(24-18)15(12-23-28)20(29)25-26;3-2(4,5)1-6;/h9,12-15,20H,5-8,10-11H2,1-4H3,(H,30,36)(H,34,35);6,9-12,17H,2-5,7-8H2,1H3,(H,30,36)(H,34,35);6,9-12,17H,2-5,7-8H2,1H3,(H,25,29);1H;1H4/t;2*17-;;/m.11../s1. The summed E-state index contributed by atoms with van der Waals surface area (Å²) in [7, 11) is 0. The Hall–Kier alpha value is -11.2. The van der Waals surface area contributed by atoms with Crippen LogP contribution in [0.5, 0.6) is 0 Å². The number of hydrogen-bond acceptors (Lipinski definition) is 22. The Bertz CT molecular complexity index is 4730. The first-order chi connectivity index (χ1) is 51.3. The van der Waals surface area contributed by atoms with Crippen molar-refractivity contribution in [1.82, 2.24) is 90.1 Å². The van der Waals surface area contributed by atoms with Gasteiger partial charge in [-0.2, -0.15) is 41.6 Å². The summed E-state index contributed by atoms with van der Waals surface area (Å²) >= 11 is 0. The molecule has 9 aromatic rings. The van der Waals surface area contributed by atoms with Gasteiger partial charge in [0.1, 0.15) is 57.2 Å². The minimum absolute atomic E-state index is 0. The number of ether oxygens (including phenoxy) is 1. The van der Waals surface area contributed by atoms with Gasteiger partial charge in [-0.25, -0.2) is 71.1 Å². The van der Waals surface area contributed by atoms with Crippen LogP contribution in [0.3, 0.4) is 0 Å². The minimum Gasteiger partial charge on any atom is -0.477 e. The maximum absolute atomic E-state index is 14.4.